The molecule has 0 aromatic rings. The van der Waals surface area contributed by atoms with Crippen LogP contribution >= 0.6 is 0 Å². The number of hydrogen-bond acceptors (Lipinski definition) is 13. The van der Waals surface area contributed by atoms with Crippen molar-refractivity contribution in [3.05, 3.63) is 0 Å². The summed E-state index contributed by atoms with van der Waals surface area (Å²) in [5, 5.41) is 77.0. The van der Waals surface area contributed by atoms with Gasteiger partial charge in [0.2, 0.25) is 0 Å². The third-order valence-corrected chi connectivity index (χ3v) is 4.34. The van der Waals surface area contributed by atoms with E-state index in [1.165, 1.54) is 0 Å². The van der Waals surface area contributed by atoms with Crippen LogP contribution in [0.25, 0.3) is 0 Å². The first-order chi connectivity index (χ1) is 12.7. The first-order valence-electron chi connectivity index (χ1n) is 8.13. The molecule has 0 radical (unpaired) electrons. The highest BCUT2D eigenvalue weighted by molar-refractivity contribution is 5.70. The number of aliphatic hydroxyl groups is 8. The second kappa shape index (κ2) is 9.49. The Hall–Kier alpha value is -0.970. The number of aliphatic hydroxyl groups excluding tert-OH is 8. The summed E-state index contributed by atoms with van der Waals surface area (Å²) < 4.78 is 20.2. The Balaban J connectivity index is 2.14. The van der Waals surface area contributed by atoms with Crippen molar-refractivity contribution >= 4 is 5.97 Å². The minimum atomic E-state index is -1.83. The Morgan fingerprint density at radius 2 is 1.26 bits per heavy atom. The van der Waals surface area contributed by atoms with Crippen molar-refractivity contribution in [2.45, 2.75) is 61.4 Å². The molecule has 13 heteroatoms. The summed E-state index contributed by atoms with van der Waals surface area (Å²) in [6.07, 6.45) is -16.3. The second-order valence-corrected chi connectivity index (χ2v) is 6.15. The van der Waals surface area contributed by atoms with Crippen molar-refractivity contribution in [1.29, 1.82) is 0 Å². The summed E-state index contributed by atoms with van der Waals surface area (Å²) in [4.78, 5) is 11.3. The summed E-state index contributed by atoms with van der Waals surface area (Å²) in [6.45, 7) is -2.50. The van der Waals surface area contributed by atoms with Gasteiger partial charge in [-0.1, -0.05) is 0 Å². The van der Waals surface area contributed by atoms with Gasteiger partial charge >= 0.3 is 5.97 Å². The maximum absolute atomic E-state index is 11.3. The lowest BCUT2D eigenvalue weighted by Crippen LogP contribution is -2.64. The fourth-order valence-electron chi connectivity index (χ4n) is 2.81. The molecule has 0 bridgehead atoms. The summed E-state index contributed by atoms with van der Waals surface area (Å²) in [6, 6.07) is 0. The highest BCUT2D eigenvalue weighted by Crippen LogP contribution is 2.29. The maximum atomic E-state index is 11.3. The van der Waals surface area contributed by atoms with Gasteiger partial charge in [-0.25, -0.2) is 4.79 Å². The monoisotopic (exact) mass is 400 g/mol. The highest BCUT2D eigenvalue weighted by Gasteiger charge is 2.51. The Bertz CT molecular complexity index is 488. The van der Waals surface area contributed by atoms with E-state index in [1.54, 1.807) is 0 Å². The Morgan fingerprint density at radius 3 is 1.78 bits per heavy atom. The normalized spacial score (nSPS) is 45.5. The molecule has 0 aliphatic carbocycles. The minimum Gasteiger partial charge on any atom is -0.455 e. The van der Waals surface area contributed by atoms with Crippen LogP contribution in [-0.2, 0) is 23.7 Å². The van der Waals surface area contributed by atoms with Crippen LogP contribution in [0, 0.1) is 0 Å². The molecule has 27 heavy (non-hydrogen) atoms. The summed E-state index contributed by atoms with van der Waals surface area (Å²) in [7, 11) is 0. The van der Waals surface area contributed by atoms with E-state index in [0.717, 1.165) is 0 Å². The van der Waals surface area contributed by atoms with Gasteiger partial charge in [-0.3, -0.25) is 0 Å². The number of rotatable bonds is 6. The van der Waals surface area contributed by atoms with E-state index in [9.17, 15) is 35.4 Å². The molecule has 2 saturated heterocycles. The van der Waals surface area contributed by atoms with Crippen molar-refractivity contribution in [3.8, 4) is 0 Å². The Morgan fingerprint density at radius 1 is 0.741 bits per heavy atom. The lowest BCUT2D eigenvalue weighted by molar-refractivity contribution is -0.376. The van der Waals surface area contributed by atoms with E-state index in [2.05, 4.69) is 0 Å². The molecule has 2 aliphatic heterocycles. The fourth-order valence-corrected chi connectivity index (χ4v) is 2.81. The lowest BCUT2D eigenvalue weighted by Gasteiger charge is -2.45. The van der Waals surface area contributed by atoms with Crippen LogP contribution in [0.1, 0.15) is 0 Å². The lowest BCUT2D eigenvalue weighted by atomic mass is 9.98. The van der Waals surface area contributed by atoms with Gasteiger partial charge in [0.05, 0.1) is 13.2 Å². The molecule has 0 unspecified atom stereocenters. The molecular formula is C14H24O13. The molecule has 0 spiro atoms. The van der Waals surface area contributed by atoms with Gasteiger partial charge in [-0.05, 0) is 0 Å². The standard InChI is InChI=1S/C14H24O13/c15-1-4-7(19)9(21)10(22)13(24-4)27-14-11(23)12(26-6(18)3-17)8(20)5(2-16)25-14/h4-5,7-17,19-23H,1-3H2/t4-,5-,7-,8-,9+,10-,11-,12+,13-,14-/m1/s1. The van der Waals surface area contributed by atoms with Crippen LogP contribution in [0.5, 0.6) is 0 Å². The second-order valence-electron chi connectivity index (χ2n) is 6.15. The summed E-state index contributed by atoms with van der Waals surface area (Å²) in [5.41, 5.74) is 0. The minimum absolute atomic E-state index is 0.715. The van der Waals surface area contributed by atoms with Gasteiger partial charge in [-0.15, -0.1) is 0 Å². The van der Waals surface area contributed by atoms with E-state index in [1.807, 2.05) is 0 Å². The average Bonchev–Trinajstić information content (AvgIpc) is 2.67. The van der Waals surface area contributed by atoms with E-state index < -0.39 is 87.2 Å². The van der Waals surface area contributed by atoms with Gasteiger partial charge in [0.1, 0.15) is 49.3 Å². The van der Waals surface area contributed by atoms with Gasteiger partial charge in [0, 0.05) is 0 Å². The molecule has 10 atom stereocenters. The molecule has 2 aliphatic rings. The van der Waals surface area contributed by atoms with Crippen LogP contribution in [0.15, 0.2) is 0 Å². The van der Waals surface area contributed by atoms with Crippen LogP contribution < -0.4 is 0 Å². The molecule has 13 nitrogen and oxygen atoms in total. The quantitative estimate of drug-likeness (QED) is 0.195. The number of carbonyl (C=O) groups is 1. The zero-order chi connectivity index (χ0) is 20.3. The van der Waals surface area contributed by atoms with Crippen molar-refractivity contribution in [3.63, 3.8) is 0 Å². The van der Waals surface area contributed by atoms with Gasteiger partial charge in [0.25, 0.3) is 0 Å². The zero-order valence-electron chi connectivity index (χ0n) is 14.0. The topological polar surface area (TPSA) is 216 Å². The Labute approximate surface area is 152 Å². The third kappa shape index (κ3) is 4.72. The average molecular weight is 400 g/mol. The Kier molecular flexibility index (Phi) is 7.84. The molecule has 0 aromatic carbocycles. The number of carbonyl (C=O) groups excluding carboxylic acids is 1. The van der Waals surface area contributed by atoms with E-state index in [0.29, 0.717) is 0 Å². The largest absolute Gasteiger partial charge is 0.455 e. The van der Waals surface area contributed by atoms with E-state index in [-0.39, 0.29) is 0 Å². The van der Waals surface area contributed by atoms with E-state index >= 15 is 0 Å². The molecule has 2 rings (SSSR count). The van der Waals surface area contributed by atoms with Crippen molar-refractivity contribution in [2.75, 3.05) is 19.8 Å². The molecule has 2 fully saturated rings. The summed E-state index contributed by atoms with van der Waals surface area (Å²) in [5.74, 6) is -1.16. The predicted molar refractivity (Wildman–Crippen MR) is 79.6 cm³/mol. The first-order valence-corrected chi connectivity index (χ1v) is 8.13. The van der Waals surface area contributed by atoms with E-state index in [4.69, 9.17) is 29.2 Å². The van der Waals surface area contributed by atoms with Crippen LogP contribution in [0.4, 0.5) is 0 Å². The first kappa shape index (κ1) is 22.3. The number of ether oxygens (including phenoxy) is 4. The summed E-state index contributed by atoms with van der Waals surface area (Å²) >= 11 is 0. The maximum Gasteiger partial charge on any atom is 0.332 e. The number of hydrogen-bond donors (Lipinski definition) is 8. The van der Waals surface area contributed by atoms with Crippen molar-refractivity contribution < 1.29 is 64.6 Å². The van der Waals surface area contributed by atoms with Gasteiger partial charge in [0.15, 0.2) is 18.7 Å². The fraction of sp³-hybridized carbons (Fsp3) is 0.929. The van der Waals surface area contributed by atoms with Crippen LogP contribution in [0.2, 0.25) is 0 Å². The molecule has 158 valence electrons. The predicted octanol–water partition coefficient (Wildman–Crippen LogP) is -5.85. The molecule has 2 heterocycles. The molecule has 0 aromatic heterocycles. The molecule has 0 amide bonds. The van der Waals surface area contributed by atoms with Crippen molar-refractivity contribution in [1.82, 2.24) is 0 Å². The highest BCUT2D eigenvalue weighted by atomic mass is 16.8. The van der Waals surface area contributed by atoms with Gasteiger partial charge < -0.3 is 59.8 Å². The van der Waals surface area contributed by atoms with Crippen LogP contribution in [-0.4, -0.2) is 128 Å². The molecule has 0 saturated carbocycles. The smallest absolute Gasteiger partial charge is 0.332 e. The molecule has 8 N–H and O–H groups in total. The third-order valence-electron chi connectivity index (χ3n) is 4.34. The van der Waals surface area contributed by atoms with Gasteiger partial charge in [-0.2, -0.15) is 0 Å². The zero-order valence-corrected chi connectivity index (χ0v) is 14.0. The number of esters is 1. The SMILES string of the molecule is O=C(CO)O[C@@H]1[C@@H](O)[C@@H](O[C@H]2O[C@H](CO)[C@@H](O)[C@H](O)[C@H]2O)O[C@H](CO)[C@H]1O. The van der Waals surface area contributed by atoms with Crippen LogP contribution in [0.3, 0.4) is 0 Å². The van der Waals surface area contributed by atoms with Crippen molar-refractivity contribution in [2.24, 2.45) is 0 Å². The molecular weight excluding hydrogens is 376 g/mol.